The number of nitrogens with two attached hydrogens (primary N) is 1. The second kappa shape index (κ2) is 7.05. The molecule has 0 radical (unpaired) electrons. The molecule has 0 aromatic heterocycles. The third kappa shape index (κ3) is 3.90. The Morgan fingerprint density at radius 1 is 1.42 bits per heavy atom. The van der Waals surface area contributed by atoms with E-state index in [4.69, 9.17) is 15.6 Å². The Hall–Kier alpha value is -1.67. The number of ether oxygens (including phenoxy) is 1. The van der Waals surface area contributed by atoms with Crippen molar-refractivity contribution in [3.8, 4) is 0 Å². The first-order valence-electron chi connectivity index (χ1n) is 5.68. The highest BCUT2D eigenvalue weighted by Crippen LogP contribution is 2.19. The predicted octanol–water partition coefficient (Wildman–Crippen LogP) is -1.87. The molecule has 7 heteroatoms. The van der Waals surface area contributed by atoms with Crippen molar-refractivity contribution < 1.29 is 24.9 Å². The highest BCUT2D eigenvalue weighted by molar-refractivity contribution is 5.94. The highest BCUT2D eigenvalue weighted by Gasteiger charge is 2.41. The molecule has 0 aromatic rings. The SMILES string of the molecule is C=C/C(=C\C=C/NC1OC(CO)[C@H](O)[C@@H]1O)C(N)=O. The first-order chi connectivity index (χ1) is 9.01. The van der Waals surface area contributed by atoms with Crippen LogP contribution in [0.1, 0.15) is 0 Å². The predicted molar refractivity (Wildman–Crippen MR) is 67.5 cm³/mol. The molecular formula is C12H18N2O5. The summed E-state index contributed by atoms with van der Waals surface area (Å²) in [6.07, 6.45) is 1.69. The van der Waals surface area contributed by atoms with Gasteiger partial charge in [0.1, 0.15) is 18.3 Å². The Bertz CT molecular complexity index is 394. The molecule has 0 aliphatic carbocycles. The molecule has 0 aromatic carbocycles. The van der Waals surface area contributed by atoms with Crippen molar-refractivity contribution in [2.45, 2.75) is 24.5 Å². The van der Waals surface area contributed by atoms with Gasteiger partial charge in [-0.1, -0.05) is 12.7 Å². The summed E-state index contributed by atoms with van der Waals surface area (Å²) in [4.78, 5) is 10.9. The minimum Gasteiger partial charge on any atom is -0.394 e. The van der Waals surface area contributed by atoms with Crippen LogP contribution in [-0.4, -0.2) is 52.4 Å². The number of carbonyl (C=O) groups is 1. The number of carbonyl (C=O) groups excluding carboxylic acids is 1. The van der Waals surface area contributed by atoms with Crippen molar-refractivity contribution in [3.05, 3.63) is 36.6 Å². The van der Waals surface area contributed by atoms with Crippen molar-refractivity contribution in [1.29, 1.82) is 0 Å². The average molecular weight is 270 g/mol. The fourth-order valence-electron chi connectivity index (χ4n) is 1.59. The van der Waals surface area contributed by atoms with E-state index < -0.39 is 30.4 Å². The van der Waals surface area contributed by atoms with Gasteiger partial charge in [0.2, 0.25) is 5.91 Å². The Balaban J connectivity index is 2.53. The van der Waals surface area contributed by atoms with Crippen molar-refractivity contribution in [2.24, 2.45) is 5.73 Å². The van der Waals surface area contributed by atoms with Crippen LogP contribution in [0.5, 0.6) is 0 Å². The van der Waals surface area contributed by atoms with Crippen LogP contribution in [-0.2, 0) is 9.53 Å². The number of aliphatic hydroxyl groups is 3. The highest BCUT2D eigenvalue weighted by atomic mass is 16.6. The maximum Gasteiger partial charge on any atom is 0.248 e. The molecule has 1 fully saturated rings. The van der Waals surface area contributed by atoms with E-state index in [1.165, 1.54) is 24.4 Å². The fourth-order valence-corrected chi connectivity index (χ4v) is 1.59. The zero-order valence-electron chi connectivity index (χ0n) is 10.3. The van der Waals surface area contributed by atoms with Crippen LogP contribution >= 0.6 is 0 Å². The summed E-state index contributed by atoms with van der Waals surface area (Å²) in [5, 5.41) is 30.7. The topological polar surface area (TPSA) is 125 Å². The normalized spacial score (nSPS) is 31.6. The van der Waals surface area contributed by atoms with Crippen LogP contribution in [0.4, 0.5) is 0 Å². The summed E-state index contributed by atoms with van der Waals surface area (Å²) < 4.78 is 5.17. The largest absolute Gasteiger partial charge is 0.394 e. The van der Waals surface area contributed by atoms with Crippen molar-refractivity contribution in [3.63, 3.8) is 0 Å². The zero-order valence-corrected chi connectivity index (χ0v) is 10.3. The van der Waals surface area contributed by atoms with Gasteiger partial charge in [0, 0.05) is 5.57 Å². The van der Waals surface area contributed by atoms with Gasteiger partial charge in [-0.3, -0.25) is 4.79 Å². The van der Waals surface area contributed by atoms with Crippen molar-refractivity contribution >= 4 is 5.91 Å². The first-order valence-corrected chi connectivity index (χ1v) is 5.68. The minimum absolute atomic E-state index is 0.235. The molecule has 1 heterocycles. The van der Waals surface area contributed by atoms with Crippen LogP contribution in [0.2, 0.25) is 0 Å². The van der Waals surface area contributed by atoms with Crippen molar-refractivity contribution in [1.82, 2.24) is 5.32 Å². The Labute approximate surface area is 110 Å². The van der Waals surface area contributed by atoms with Crippen molar-refractivity contribution in [2.75, 3.05) is 6.61 Å². The number of aliphatic hydroxyl groups excluding tert-OH is 3. The minimum atomic E-state index is -1.15. The zero-order chi connectivity index (χ0) is 14.4. The number of allylic oxidation sites excluding steroid dienone is 2. The molecule has 1 amide bonds. The van der Waals surface area contributed by atoms with Crippen LogP contribution in [0.25, 0.3) is 0 Å². The quantitative estimate of drug-likeness (QED) is 0.284. The van der Waals surface area contributed by atoms with Gasteiger partial charge in [-0.05, 0) is 18.4 Å². The van der Waals surface area contributed by atoms with Gasteiger partial charge >= 0.3 is 0 Å². The molecule has 0 bridgehead atoms. The molecule has 1 saturated heterocycles. The van der Waals surface area contributed by atoms with E-state index >= 15 is 0 Å². The second-order valence-electron chi connectivity index (χ2n) is 3.98. The molecule has 19 heavy (non-hydrogen) atoms. The summed E-state index contributed by atoms with van der Waals surface area (Å²) in [5.41, 5.74) is 5.31. The standard InChI is InChI=1S/C12H18N2O5/c1-2-7(11(13)18)4-3-5-14-12-10(17)9(16)8(6-15)19-12/h2-5,8-10,12,14-17H,1,6H2,(H2,13,18)/b5-3-,7-4+/t8?,9-,10-,12?/m0/s1. The van der Waals surface area contributed by atoms with Gasteiger partial charge < -0.3 is 31.1 Å². The maximum atomic E-state index is 10.9. The fraction of sp³-hybridized carbons (Fsp3) is 0.417. The molecule has 2 unspecified atom stereocenters. The van der Waals surface area contributed by atoms with E-state index in [0.29, 0.717) is 0 Å². The molecular weight excluding hydrogens is 252 g/mol. The van der Waals surface area contributed by atoms with E-state index in [1.807, 2.05) is 0 Å². The molecule has 1 aliphatic rings. The summed E-state index contributed by atoms with van der Waals surface area (Å²) in [6, 6.07) is 0. The summed E-state index contributed by atoms with van der Waals surface area (Å²) in [7, 11) is 0. The van der Waals surface area contributed by atoms with E-state index in [9.17, 15) is 15.0 Å². The summed E-state index contributed by atoms with van der Waals surface area (Å²) in [5.74, 6) is -0.604. The molecule has 0 spiro atoms. The van der Waals surface area contributed by atoms with E-state index in [1.54, 1.807) is 0 Å². The molecule has 0 saturated carbocycles. The number of hydrogen-bond donors (Lipinski definition) is 5. The lowest BCUT2D eigenvalue weighted by Gasteiger charge is -2.14. The number of nitrogens with one attached hydrogen (secondary N) is 1. The smallest absolute Gasteiger partial charge is 0.248 e. The monoisotopic (exact) mass is 270 g/mol. The van der Waals surface area contributed by atoms with E-state index in [0.717, 1.165) is 0 Å². The van der Waals surface area contributed by atoms with Gasteiger partial charge in [0.25, 0.3) is 0 Å². The molecule has 7 nitrogen and oxygen atoms in total. The van der Waals surface area contributed by atoms with Gasteiger partial charge in [-0.15, -0.1) is 0 Å². The van der Waals surface area contributed by atoms with E-state index in [2.05, 4.69) is 11.9 Å². The van der Waals surface area contributed by atoms with Crippen LogP contribution < -0.4 is 11.1 Å². The first kappa shape index (κ1) is 15.4. The molecule has 1 aliphatic heterocycles. The number of rotatable bonds is 6. The van der Waals surface area contributed by atoms with Gasteiger partial charge in [-0.2, -0.15) is 0 Å². The Kier molecular flexibility index (Phi) is 5.71. The summed E-state index contributed by atoms with van der Waals surface area (Å²) in [6.45, 7) is 3.05. The van der Waals surface area contributed by atoms with Gasteiger partial charge in [-0.25, -0.2) is 0 Å². The molecule has 1 rings (SSSR count). The van der Waals surface area contributed by atoms with Gasteiger partial charge in [0.15, 0.2) is 6.23 Å². The second-order valence-corrected chi connectivity index (χ2v) is 3.98. The average Bonchev–Trinajstić information content (AvgIpc) is 2.66. The number of hydrogen-bond acceptors (Lipinski definition) is 6. The van der Waals surface area contributed by atoms with E-state index in [-0.39, 0.29) is 12.2 Å². The van der Waals surface area contributed by atoms with Crippen LogP contribution in [0, 0.1) is 0 Å². The number of primary amides is 1. The maximum absolute atomic E-state index is 10.9. The third-order valence-corrected chi connectivity index (χ3v) is 2.68. The third-order valence-electron chi connectivity index (χ3n) is 2.68. The lowest BCUT2D eigenvalue weighted by molar-refractivity contribution is -0.114. The molecule has 4 atom stereocenters. The number of amides is 1. The Morgan fingerprint density at radius 2 is 2.11 bits per heavy atom. The molecule has 106 valence electrons. The van der Waals surface area contributed by atoms with Crippen LogP contribution in [0.3, 0.4) is 0 Å². The van der Waals surface area contributed by atoms with Gasteiger partial charge in [0.05, 0.1) is 6.61 Å². The Morgan fingerprint density at radius 3 is 2.58 bits per heavy atom. The lowest BCUT2D eigenvalue weighted by atomic mass is 10.1. The summed E-state index contributed by atoms with van der Waals surface area (Å²) >= 11 is 0. The lowest BCUT2D eigenvalue weighted by Crippen LogP contribution is -2.38. The molecule has 6 N–H and O–H groups in total. The van der Waals surface area contributed by atoms with Crippen LogP contribution in [0.15, 0.2) is 36.6 Å².